The molecule has 6 heteroatoms. The number of ether oxygens (including phenoxy) is 1. The normalized spacial score (nSPS) is 12.2. The first-order valence-corrected chi connectivity index (χ1v) is 31.7. The van der Waals surface area contributed by atoms with Crippen molar-refractivity contribution in [1.29, 1.82) is 0 Å². The van der Waals surface area contributed by atoms with E-state index in [1.807, 2.05) is 12.3 Å². The van der Waals surface area contributed by atoms with Crippen LogP contribution in [0.15, 0.2) is 284 Å². The lowest BCUT2D eigenvalue weighted by atomic mass is 9.80. The zero-order valence-electron chi connectivity index (χ0n) is 52.2. The van der Waals surface area contributed by atoms with Crippen molar-refractivity contribution in [3.8, 4) is 107 Å². The zero-order valence-corrected chi connectivity index (χ0v) is 52.2. The molecule has 5 heterocycles. The molecule has 0 N–H and O–H groups in total. The first-order chi connectivity index (χ1) is 44.9. The molecule has 0 atom stereocenters. The highest BCUT2D eigenvalue weighted by atomic mass is 16.5. The molecule has 0 fully saturated rings. The molecule has 6 nitrogen and oxygen atoms in total. The van der Waals surface area contributed by atoms with Gasteiger partial charge in [0.2, 0.25) is 0 Å². The summed E-state index contributed by atoms with van der Waals surface area (Å²) in [5.74, 6) is 2.30. The number of rotatable bonds is 8. The van der Waals surface area contributed by atoms with E-state index in [0.29, 0.717) is 5.75 Å². The van der Waals surface area contributed by atoms with Crippen LogP contribution in [0.5, 0.6) is 11.5 Å². The molecule has 92 heavy (non-hydrogen) atoms. The van der Waals surface area contributed by atoms with Gasteiger partial charge >= 0.3 is 0 Å². The monoisotopic (exact) mass is 1180 g/mol. The van der Waals surface area contributed by atoms with E-state index in [1.54, 1.807) is 0 Å². The Bertz CT molecular complexity index is 5620. The molecular formula is C86H64N4O2. The molecule has 0 radical (unpaired) electrons. The molecule has 1 aliphatic heterocycles. The highest BCUT2D eigenvalue weighted by Gasteiger charge is 2.30. The van der Waals surface area contributed by atoms with Crippen LogP contribution >= 0.6 is 0 Å². The number of nitrogens with zero attached hydrogens (tertiary/aromatic N) is 4. The second-order valence-corrected chi connectivity index (χ2v) is 26.5. The first kappa shape index (κ1) is 54.8. The van der Waals surface area contributed by atoms with Gasteiger partial charge in [-0.1, -0.05) is 236 Å². The average Bonchev–Trinajstić information content (AvgIpc) is 1.53. The van der Waals surface area contributed by atoms with Gasteiger partial charge < -0.3 is 9.15 Å². The Morgan fingerprint density at radius 1 is 0.370 bits per heavy atom. The summed E-state index contributed by atoms with van der Waals surface area (Å²) in [4.78, 5) is 4.96. The summed E-state index contributed by atoms with van der Waals surface area (Å²) in [7, 11) is 0. The largest absolute Gasteiger partial charge is 0.458 e. The molecule has 0 spiro atoms. The van der Waals surface area contributed by atoms with E-state index in [-0.39, 0.29) is 10.8 Å². The van der Waals surface area contributed by atoms with Crippen molar-refractivity contribution in [3.63, 3.8) is 0 Å². The van der Waals surface area contributed by atoms with E-state index in [2.05, 4.69) is 328 Å². The Hall–Kier alpha value is -11.3. The van der Waals surface area contributed by atoms with Gasteiger partial charge in [0.05, 0.1) is 33.4 Å². The summed E-state index contributed by atoms with van der Waals surface area (Å²) in [6, 6.07) is 98.7. The maximum absolute atomic E-state index is 7.36. The van der Waals surface area contributed by atoms with Gasteiger partial charge in [-0.25, -0.2) is 4.98 Å². The molecule has 4 aromatic heterocycles. The fourth-order valence-corrected chi connectivity index (χ4v) is 14.1. The quantitative estimate of drug-likeness (QED) is 0.113. The number of imidazole rings is 1. The third kappa shape index (κ3) is 9.07. The molecule has 12 aromatic carbocycles. The summed E-state index contributed by atoms with van der Waals surface area (Å²) < 4.78 is 21.2. The summed E-state index contributed by atoms with van der Waals surface area (Å²) in [6.07, 6.45) is 6.03. The van der Waals surface area contributed by atoms with Crippen molar-refractivity contribution in [2.24, 2.45) is 0 Å². The van der Waals surface area contributed by atoms with Gasteiger partial charge in [0, 0.05) is 44.9 Å². The van der Waals surface area contributed by atoms with E-state index in [4.69, 9.17) is 14.1 Å². The Morgan fingerprint density at radius 3 is 1.58 bits per heavy atom. The predicted octanol–water partition coefficient (Wildman–Crippen LogP) is 22.5. The van der Waals surface area contributed by atoms with Crippen LogP contribution in [0.25, 0.3) is 150 Å². The Balaban J connectivity index is 0.914. The van der Waals surface area contributed by atoms with Crippen LogP contribution < -0.4 is 9.30 Å². The molecule has 0 aliphatic carbocycles. The molecule has 0 amide bonds. The van der Waals surface area contributed by atoms with Crippen molar-refractivity contribution in [3.05, 3.63) is 297 Å². The number of pyridine rings is 1. The molecule has 0 saturated heterocycles. The number of fused-ring (bicyclic) bond motifs is 13. The van der Waals surface area contributed by atoms with Crippen molar-refractivity contribution >= 4 is 54.8 Å². The number of furan rings is 1. The third-order valence-corrected chi connectivity index (χ3v) is 18.7. The number of benzene rings is 12. The Morgan fingerprint density at radius 2 is 0.902 bits per heavy atom. The molecule has 0 unspecified atom stereocenters. The van der Waals surface area contributed by atoms with E-state index >= 15 is 0 Å². The minimum absolute atomic E-state index is 0.0494. The number of hydrogen-bond donors (Lipinski definition) is 0. The summed E-state index contributed by atoms with van der Waals surface area (Å²) in [5.41, 5.74) is 25.4. The molecule has 17 rings (SSSR count). The SMILES string of the molecule is CC(C)(C)c1ccnc(-n2c3ccccc3c3ccc(Oc4cccc(-n5[c-][n+]6c7c(cccc75)-c5ccccc5-c5ccccc5-c5cc(C(C)(C)C)cc(-c7cc(-c8ccccc8)c8oc9c(-c%10ccccc%10)cc(-c%10ccccc%10)cc9c8c7)c5-6)c4)cc32)c1. The summed E-state index contributed by atoms with van der Waals surface area (Å²) in [5, 5.41) is 4.39. The molecule has 0 bridgehead atoms. The highest BCUT2D eigenvalue weighted by Crippen LogP contribution is 2.50. The topological polar surface area (TPSA) is 49.0 Å². The van der Waals surface area contributed by atoms with Crippen LogP contribution in [0.2, 0.25) is 0 Å². The lowest BCUT2D eigenvalue weighted by Gasteiger charge is -2.26. The standard InChI is InChI=1S/C86H64N4O2/c1-85(2,3)59-42-43-87-80(50-59)90-77-38-21-20-36-68(77)69-41-40-63(52-79(69)90)91-62-31-22-30-61(51-62)88-53-89-81-71(48-60(86(4,5)6)49-74(81)67-35-19-17-33-65(67)64-32-16-18-34-66(64)70-37-23-39-78(88)82(70)89)58-46-73(56-28-14-9-15-29-56)84-76(47-58)75-45-57(54-24-10-7-11-25-54)44-72(83(75)92-84)55-26-12-8-13-27-55/h7-52H,1-6H3. The van der Waals surface area contributed by atoms with E-state index in [1.165, 1.54) is 16.7 Å². The van der Waals surface area contributed by atoms with Crippen LogP contribution in [-0.4, -0.2) is 14.1 Å². The van der Waals surface area contributed by atoms with Crippen molar-refractivity contribution in [2.75, 3.05) is 0 Å². The second kappa shape index (κ2) is 21.1. The lowest BCUT2D eigenvalue weighted by Crippen LogP contribution is -2.32. The van der Waals surface area contributed by atoms with Crippen molar-refractivity contribution in [1.82, 2.24) is 14.1 Å². The van der Waals surface area contributed by atoms with E-state index < -0.39 is 0 Å². The Kier molecular flexibility index (Phi) is 12.6. The summed E-state index contributed by atoms with van der Waals surface area (Å²) >= 11 is 0. The average molecular weight is 1190 g/mol. The van der Waals surface area contributed by atoms with Gasteiger partial charge in [-0.05, 0) is 162 Å². The van der Waals surface area contributed by atoms with Gasteiger partial charge in [-0.2, -0.15) is 0 Å². The Labute approximate surface area is 535 Å². The first-order valence-electron chi connectivity index (χ1n) is 31.7. The van der Waals surface area contributed by atoms with Crippen LogP contribution in [-0.2, 0) is 10.8 Å². The van der Waals surface area contributed by atoms with Crippen LogP contribution in [0.4, 0.5) is 0 Å². The molecule has 16 aromatic rings. The minimum atomic E-state index is -0.248. The van der Waals surface area contributed by atoms with Gasteiger partial charge in [-0.15, -0.1) is 0 Å². The molecule has 440 valence electrons. The van der Waals surface area contributed by atoms with Gasteiger partial charge in [-0.3, -0.25) is 13.7 Å². The number of para-hydroxylation sites is 2. The molecular weight excluding hydrogens is 1120 g/mol. The molecule has 0 saturated carbocycles. The fourth-order valence-electron chi connectivity index (χ4n) is 14.1. The fraction of sp³-hybridized carbons (Fsp3) is 0.0930. The number of hydrogen-bond acceptors (Lipinski definition) is 3. The second-order valence-electron chi connectivity index (χ2n) is 26.5. The predicted molar refractivity (Wildman–Crippen MR) is 379 cm³/mol. The van der Waals surface area contributed by atoms with Gasteiger partial charge in [0.25, 0.3) is 6.33 Å². The lowest BCUT2D eigenvalue weighted by molar-refractivity contribution is -0.570. The van der Waals surface area contributed by atoms with Crippen LogP contribution in [0.3, 0.4) is 0 Å². The van der Waals surface area contributed by atoms with E-state index in [0.717, 1.165) is 150 Å². The van der Waals surface area contributed by atoms with Gasteiger partial charge in [0.1, 0.15) is 28.5 Å². The summed E-state index contributed by atoms with van der Waals surface area (Å²) in [6.45, 7) is 13.7. The van der Waals surface area contributed by atoms with E-state index in [9.17, 15) is 0 Å². The van der Waals surface area contributed by atoms with Crippen molar-refractivity contribution < 1.29 is 13.7 Å². The zero-order chi connectivity index (χ0) is 62.0. The third-order valence-electron chi connectivity index (χ3n) is 18.7. The van der Waals surface area contributed by atoms with Crippen LogP contribution in [0.1, 0.15) is 52.7 Å². The maximum Gasteiger partial charge on any atom is 0.269 e. The maximum atomic E-state index is 7.36. The number of aromatic nitrogens is 4. The highest BCUT2D eigenvalue weighted by molar-refractivity contribution is 6.16. The van der Waals surface area contributed by atoms with Crippen LogP contribution in [0, 0.1) is 6.33 Å². The van der Waals surface area contributed by atoms with Gasteiger partial charge in [0.15, 0.2) is 0 Å². The van der Waals surface area contributed by atoms with Crippen molar-refractivity contribution in [2.45, 2.75) is 52.4 Å². The molecule has 1 aliphatic rings. The minimum Gasteiger partial charge on any atom is -0.458 e. The smallest absolute Gasteiger partial charge is 0.269 e.